The van der Waals surface area contributed by atoms with Gasteiger partial charge < -0.3 is 9.42 Å². The number of rotatable bonds is 4. The highest BCUT2D eigenvalue weighted by molar-refractivity contribution is 6.00. The summed E-state index contributed by atoms with van der Waals surface area (Å²) in [4.78, 5) is 18.2. The van der Waals surface area contributed by atoms with Crippen LogP contribution in [0.4, 0.5) is 10.1 Å². The summed E-state index contributed by atoms with van der Waals surface area (Å²) >= 11 is 0. The maximum absolute atomic E-state index is 14.0. The molecule has 0 N–H and O–H groups in total. The Morgan fingerprint density at radius 2 is 2.30 bits per heavy atom. The zero-order chi connectivity index (χ0) is 16.4. The minimum atomic E-state index is -0.453. The molecule has 0 aliphatic carbocycles. The van der Waals surface area contributed by atoms with Crippen molar-refractivity contribution in [1.29, 1.82) is 0 Å². The van der Waals surface area contributed by atoms with E-state index in [1.165, 1.54) is 13.0 Å². The van der Waals surface area contributed by atoms with E-state index in [2.05, 4.69) is 15.0 Å². The van der Waals surface area contributed by atoms with Crippen molar-refractivity contribution in [3.05, 3.63) is 41.3 Å². The number of nitrogens with zero attached hydrogens (tertiary/aromatic N) is 3. The molecule has 2 aromatic rings. The van der Waals surface area contributed by atoms with Gasteiger partial charge in [-0.2, -0.15) is 4.98 Å². The first-order valence-corrected chi connectivity index (χ1v) is 7.88. The van der Waals surface area contributed by atoms with Crippen molar-refractivity contribution in [3.8, 4) is 0 Å². The smallest absolute Gasteiger partial charge is 0.223 e. The molecular formula is C17H20FN3O2. The van der Waals surface area contributed by atoms with Gasteiger partial charge in [0.05, 0.1) is 11.3 Å². The zero-order valence-electron chi connectivity index (χ0n) is 13.4. The van der Waals surface area contributed by atoms with Gasteiger partial charge in [-0.25, -0.2) is 4.39 Å². The molecule has 0 amide bonds. The molecule has 0 spiro atoms. The molecule has 23 heavy (non-hydrogen) atoms. The van der Waals surface area contributed by atoms with Crippen LogP contribution in [0.25, 0.3) is 0 Å². The minimum Gasteiger partial charge on any atom is -0.371 e. The molecule has 1 aliphatic heterocycles. The minimum absolute atomic E-state index is 0.184. The van der Waals surface area contributed by atoms with E-state index in [9.17, 15) is 9.18 Å². The first-order valence-electron chi connectivity index (χ1n) is 7.88. The fraction of sp³-hybridized carbons (Fsp3) is 0.471. The van der Waals surface area contributed by atoms with E-state index >= 15 is 0 Å². The summed E-state index contributed by atoms with van der Waals surface area (Å²) in [5, 5.41) is 3.95. The summed E-state index contributed by atoms with van der Waals surface area (Å²) < 4.78 is 19.0. The first kappa shape index (κ1) is 15.6. The molecule has 3 rings (SSSR count). The molecule has 2 heterocycles. The van der Waals surface area contributed by atoms with Crippen LogP contribution in [-0.4, -0.2) is 29.0 Å². The van der Waals surface area contributed by atoms with Crippen molar-refractivity contribution in [2.45, 2.75) is 33.1 Å². The number of aryl methyl sites for hydroxylation is 1. The third kappa shape index (κ3) is 3.41. The number of carbonyl (C=O) groups excluding carboxylic acids is 1. The van der Waals surface area contributed by atoms with Gasteiger partial charge in [-0.3, -0.25) is 4.79 Å². The number of aromatic nitrogens is 2. The van der Waals surface area contributed by atoms with Crippen molar-refractivity contribution in [2.24, 2.45) is 5.92 Å². The number of ketones is 1. The summed E-state index contributed by atoms with van der Waals surface area (Å²) in [6, 6.07) is 4.81. The third-order valence-corrected chi connectivity index (χ3v) is 4.24. The average molecular weight is 317 g/mol. The van der Waals surface area contributed by atoms with E-state index < -0.39 is 5.82 Å². The van der Waals surface area contributed by atoms with Gasteiger partial charge >= 0.3 is 0 Å². The van der Waals surface area contributed by atoms with Gasteiger partial charge in [-0.1, -0.05) is 11.2 Å². The Morgan fingerprint density at radius 3 is 3.00 bits per heavy atom. The number of Topliss-reactive ketones (excluding diaryl/α,β-unsaturated/α-hetero) is 1. The molecule has 1 saturated heterocycles. The van der Waals surface area contributed by atoms with Gasteiger partial charge in [0.2, 0.25) is 5.89 Å². The lowest BCUT2D eigenvalue weighted by Crippen LogP contribution is -2.37. The maximum Gasteiger partial charge on any atom is 0.223 e. The Kier molecular flexibility index (Phi) is 4.41. The molecule has 5 nitrogen and oxygen atoms in total. The molecule has 6 heteroatoms. The predicted octanol–water partition coefficient (Wildman–Crippen LogP) is 3.18. The SMILES string of the molecule is CC(=O)c1c(F)cccc1N1CCC[C@H](Cc2noc(C)n2)C1. The zero-order valence-corrected chi connectivity index (χ0v) is 13.4. The van der Waals surface area contributed by atoms with Gasteiger partial charge in [-0.05, 0) is 37.8 Å². The lowest BCUT2D eigenvalue weighted by Gasteiger charge is -2.35. The van der Waals surface area contributed by atoms with Crippen LogP contribution < -0.4 is 4.90 Å². The molecule has 0 radical (unpaired) electrons. The molecular weight excluding hydrogens is 297 g/mol. The van der Waals surface area contributed by atoms with Crippen LogP contribution in [0.15, 0.2) is 22.7 Å². The number of anilines is 1. The van der Waals surface area contributed by atoms with Gasteiger partial charge in [0.25, 0.3) is 0 Å². The second-order valence-electron chi connectivity index (χ2n) is 6.08. The van der Waals surface area contributed by atoms with Crippen LogP contribution in [0.1, 0.15) is 41.8 Å². The molecule has 1 fully saturated rings. The quantitative estimate of drug-likeness (QED) is 0.811. The number of carbonyl (C=O) groups is 1. The normalized spacial score (nSPS) is 18.2. The van der Waals surface area contributed by atoms with E-state index in [4.69, 9.17) is 4.52 Å². The van der Waals surface area contributed by atoms with Crippen LogP contribution in [0.2, 0.25) is 0 Å². The van der Waals surface area contributed by atoms with Crippen molar-refractivity contribution in [2.75, 3.05) is 18.0 Å². The monoisotopic (exact) mass is 317 g/mol. The molecule has 0 unspecified atom stereocenters. The number of halogens is 1. The molecule has 1 aromatic heterocycles. The molecule has 1 atom stereocenters. The topological polar surface area (TPSA) is 59.2 Å². The Balaban J connectivity index is 1.79. The van der Waals surface area contributed by atoms with Crippen LogP contribution in [0, 0.1) is 18.7 Å². The highest BCUT2D eigenvalue weighted by Crippen LogP contribution is 2.29. The second-order valence-corrected chi connectivity index (χ2v) is 6.08. The van der Waals surface area contributed by atoms with Gasteiger partial charge in [-0.15, -0.1) is 0 Å². The maximum atomic E-state index is 14.0. The number of benzene rings is 1. The number of hydrogen-bond donors (Lipinski definition) is 0. The number of hydrogen-bond acceptors (Lipinski definition) is 5. The van der Waals surface area contributed by atoms with E-state index in [0.29, 0.717) is 23.3 Å². The Labute approximate surface area is 134 Å². The first-order chi connectivity index (χ1) is 11.0. The number of piperidine rings is 1. The lowest BCUT2D eigenvalue weighted by molar-refractivity contribution is 0.101. The summed E-state index contributed by atoms with van der Waals surface area (Å²) in [5.41, 5.74) is 0.870. The predicted molar refractivity (Wildman–Crippen MR) is 84.1 cm³/mol. The summed E-state index contributed by atoms with van der Waals surface area (Å²) in [6.07, 6.45) is 2.79. The van der Waals surface area contributed by atoms with Crippen LogP contribution in [0.5, 0.6) is 0 Å². The highest BCUT2D eigenvalue weighted by Gasteiger charge is 2.25. The van der Waals surface area contributed by atoms with E-state index in [0.717, 1.165) is 32.4 Å². The third-order valence-electron chi connectivity index (χ3n) is 4.24. The fourth-order valence-corrected chi connectivity index (χ4v) is 3.26. The molecule has 1 aliphatic rings. The Bertz CT molecular complexity index is 714. The molecule has 122 valence electrons. The largest absolute Gasteiger partial charge is 0.371 e. The van der Waals surface area contributed by atoms with Crippen molar-refractivity contribution in [3.63, 3.8) is 0 Å². The highest BCUT2D eigenvalue weighted by atomic mass is 19.1. The molecule has 0 bridgehead atoms. The van der Waals surface area contributed by atoms with Gasteiger partial charge in [0, 0.05) is 26.4 Å². The second kappa shape index (κ2) is 6.48. The Hall–Kier alpha value is -2.24. The van der Waals surface area contributed by atoms with Crippen molar-refractivity contribution < 1.29 is 13.7 Å². The van der Waals surface area contributed by atoms with Gasteiger partial charge in [0.1, 0.15) is 5.82 Å². The summed E-state index contributed by atoms with van der Waals surface area (Å²) in [6.45, 7) is 4.77. The van der Waals surface area contributed by atoms with Crippen molar-refractivity contribution >= 4 is 11.5 Å². The van der Waals surface area contributed by atoms with Crippen LogP contribution in [0.3, 0.4) is 0 Å². The summed E-state index contributed by atoms with van der Waals surface area (Å²) in [5.74, 6) is 0.945. The molecule has 1 aromatic carbocycles. The van der Waals surface area contributed by atoms with E-state index in [1.54, 1.807) is 13.0 Å². The standard InChI is InChI=1S/C17H20FN3O2/c1-11(22)17-14(18)6-3-7-15(17)21-8-4-5-13(10-21)9-16-19-12(2)23-20-16/h3,6-7,13H,4-5,8-10H2,1-2H3/t13-/m1/s1. The molecule has 0 saturated carbocycles. The van der Waals surface area contributed by atoms with Crippen molar-refractivity contribution in [1.82, 2.24) is 10.1 Å². The van der Waals surface area contributed by atoms with E-state index in [-0.39, 0.29) is 11.3 Å². The van der Waals surface area contributed by atoms with Gasteiger partial charge in [0.15, 0.2) is 11.6 Å². The van der Waals surface area contributed by atoms with Crippen LogP contribution in [-0.2, 0) is 6.42 Å². The van der Waals surface area contributed by atoms with Crippen LogP contribution >= 0.6 is 0 Å². The Morgan fingerprint density at radius 1 is 1.48 bits per heavy atom. The average Bonchev–Trinajstić information content (AvgIpc) is 2.92. The fourth-order valence-electron chi connectivity index (χ4n) is 3.26. The summed E-state index contributed by atoms with van der Waals surface area (Å²) in [7, 11) is 0. The lowest BCUT2D eigenvalue weighted by atomic mass is 9.93. The van der Waals surface area contributed by atoms with E-state index in [1.807, 2.05) is 6.07 Å².